The standard InChI is InChI=1S/C11H17NO.ClH/c1-2-5-11(12)10-7-4-3-6-9(10)8-13;/h3-4,6-7,11,13H,2,5,8,12H2,1H3;1H/t11-;/m1./s1. The summed E-state index contributed by atoms with van der Waals surface area (Å²) in [5.74, 6) is 0. The first-order valence-electron chi connectivity index (χ1n) is 4.73. The normalized spacial score (nSPS) is 11.9. The van der Waals surface area contributed by atoms with Gasteiger partial charge in [-0.3, -0.25) is 0 Å². The highest BCUT2D eigenvalue weighted by molar-refractivity contribution is 5.85. The summed E-state index contributed by atoms with van der Waals surface area (Å²) in [6.45, 7) is 2.19. The molecule has 0 spiro atoms. The van der Waals surface area contributed by atoms with E-state index in [4.69, 9.17) is 10.8 Å². The largest absolute Gasteiger partial charge is 0.392 e. The second-order valence-electron chi connectivity index (χ2n) is 3.25. The highest BCUT2D eigenvalue weighted by Gasteiger charge is 2.08. The topological polar surface area (TPSA) is 46.2 Å². The minimum Gasteiger partial charge on any atom is -0.392 e. The Bertz CT molecular complexity index is 265. The van der Waals surface area contributed by atoms with E-state index < -0.39 is 0 Å². The Kier molecular flexibility index (Phi) is 6.54. The molecule has 1 atom stereocenters. The molecule has 1 aromatic carbocycles. The van der Waals surface area contributed by atoms with Crippen LogP contribution in [0.1, 0.15) is 36.9 Å². The number of hydrogen-bond donors (Lipinski definition) is 2. The Labute approximate surface area is 91.5 Å². The van der Waals surface area contributed by atoms with Gasteiger partial charge in [-0.2, -0.15) is 0 Å². The molecule has 0 aliphatic rings. The first-order valence-corrected chi connectivity index (χ1v) is 4.73. The molecule has 0 radical (unpaired) electrons. The van der Waals surface area contributed by atoms with Gasteiger partial charge in [-0.25, -0.2) is 0 Å². The number of aliphatic hydroxyl groups excluding tert-OH is 1. The summed E-state index contributed by atoms with van der Waals surface area (Å²) in [5.41, 5.74) is 7.99. The Morgan fingerprint density at radius 1 is 1.36 bits per heavy atom. The quantitative estimate of drug-likeness (QED) is 0.810. The van der Waals surface area contributed by atoms with E-state index in [1.807, 2.05) is 24.3 Å². The number of halogens is 1. The van der Waals surface area contributed by atoms with Crippen LogP contribution < -0.4 is 5.73 Å². The van der Waals surface area contributed by atoms with Gasteiger partial charge in [0.25, 0.3) is 0 Å². The van der Waals surface area contributed by atoms with Gasteiger partial charge in [0, 0.05) is 6.04 Å². The molecule has 3 heteroatoms. The number of aliphatic hydroxyl groups is 1. The zero-order valence-electron chi connectivity index (χ0n) is 8.44. The molecular weight excluding hydrogens is 198 g/mol. The van der Waals surface area contributed by atoms with Crippen molar-refractivity contribution < 1.29 is 5.11 Å². The molecule has 1 aromatic rings. The average molecular weight is 216 g/mol. The number of nitrogens with two attached hydrogens (primary N) is 1. The van der Waals surface area contributed by atoms with Crippen molar-refractivity contribution in [1.29, 1.82) is 0 Å². The molecule has 1 rings (SSSR count). The zero-order chi connectivity index (χ0) is 9.68. The molecule has 0 fully saturated rings. The molecule has 0 heterocycles. The third-order valence-corrected chi connectivity index (χ3v) is 2.22. The third kappa shape index (κ3) is 3.29. The maximum absolute atomic E-state index is 9.08. The lowest BCUT2D eigenvalue weighted by Crippen LogP contribution is -2.12. The fourth-order valence-electron chi connectivity index (χ4n) is 1.51. The van der Waals surface area contributed by atoms with Crippen molar-refractivity contribution in [2.45, 2.75) is 32.4 Å². The van der Waals surface area contributed by atoms with Crippen molar-refractivity contribution in [2.75, 3.05) is 0 Å². The second-order valence-corrected chi connectivity index (χ2v) is 3.25. The van der Waals surface area contributed by atoms with Gasteiger partial charge >= 0.3 is 0 Å². The number of benzene rings is 1. The molecule has 0 saturated carbocycles. The molecule has 0 unspecified atom stereocenters. The van der Waals surface area contributed by atoms with E-state index in [1.54, 1.807) is 0 Å². The van der Waals surface area contributed by atoms with Crippen molar-refractivity contribution in [3.63, 3.8) is 0 Å². The van der Waals surface area contributed by atoms with Crippen LogP contribution in [-0.4, -0.2) is 5.11 Å². The van der Waals surface area contributed by atoms with Gasteiger partial charge in [0.1, 0.15) is 0 Å². The predicted octanol–water partition coefficient (Wildman–Crippen LogP) is 2.40. The number of rotatable bonds is 4. The molecule has 0 aromatic heterocycles. The molecule has 0 aliphatic heterocycles. The number of hydrogen-bond acceptors (Lipinski definition) is 2. The van der Waals surface area contributed by atoms with Gasteiger partial charge in [-0.15, -0.1) is 12.4 Å². The minimum atomic E-state index is 0. The molecule has 80 valence electrons. The minimum absolute atomic E-state index is 0. The summed E-state index contributed by atoms with van der Waals surface area (Å²) in [6, 6.07) is 7.86. The third-order valence-electron chi connectivity index (χ3n) is 2.22. The summed E-state index contributed by atoms with van der Waals surface area (Å²) in [6.07, 6.45) is 2.04. The SMILES string of the molecule is CCC[C@@H](N)c1ccccc1CO.Cl. The van der Waals surface area contributed by atoms with Crippen LogP contribution in [0.5, 0.6) is 0 Å². The first-order chi connectivity index (χ1) is 6.29. The van der Waals surface area contributed by atoms with Crippen molar-refractivity contribution in [2.24, 2.45) is 5.73 Å². The van der Waals surface area contributed by atoms with E-state index in [9.17, 15) is 0 Å². The highest BCUT2D eigenvalue weighted by atomic mass is 35.5. The first kappa shape index (κ1) is 13.4. The second kappa shape index (κ2) is 6.82. The van der Waals surface area contributed by atoms with Crippen molar-refractivity contribution in [3.05, 3.63) is 35.4 Å². The van der Waals surface area contributed by atoms with E-state index in [0.29, 0.717) is 0 Å². The van der Waals surface area contributed by atoms with E-state index in [-0.39, 0.29) is 25.1 Å². The molecule has 0 aliphatic carbocycles. The lowest BCUT2D eigenvalue weighted by atomic mass is 9.98. The van der Waals surface area contributed by atoms with E-state index in [1.165, 1.54) is 0 Å². The fraction of sp³-hybridized carbons (Fsp3) is 0.455. The fourth-order valence-corrected chi connectivity index (χ4v) is 1.51. The molecule has 0 bridgehead atoms. The van der Waals surface area contributed by atoms with Crippen LogP contribution >= 0.6 is 12.4 Å². The van der Waals surface area contributed by atoms with Crippen LogP contribution in [0, 0.1) is 0 Å². The van der Waals surface area contributed by atoms with Crippen LogP contribution in [0.2, 0.25) is 0 Å². The van der Waals surface area contributed by atoms with Crippen molar-refractivity contribution in [1.82, 2.24) is 0 Å². The maximum Gasteiger partial charge on any atom is 0.0685 e. The van der Waals surface area contributed by atoms with Gasteiger partial charge in [-0.05, 0) is 17.5 Å². The van der Waals surface area contributed by atoms with Gasteiger partial charge in [-0.1, -0.05) is 37.6 Å². The van der Waals surface area contributed by atoms with Crippen LogP contribution in [-0.2, 0) is 6.61 Å². The molecule has 14 heavy (non-hydrogen) atoms. The molecule has 0 amide bonds. The van der Waals surface area contributed by atoms with Gasteiger partial charge in [0.05, 0.1) is 6.61 Å². The average Bonchev–Trinajstić information content (AvgIpc) is 2.18. The van der Waals surface area contributed by atoms with Gasteiger partial charge in [0.2, 0.25) is 0 Å². The monoisotopic (exact) mass is 215 g/mol. The van der Waals surface area contributed by atoms with E-state index in [2.05, 4.69) is 6.92 Å². The van der Waals surface area contributed by atoms with Crippen LogP contribution in [0.4, 0.5) is 0 Å². The Hall–Kier alpha value is -0.570. The van der Waals surface area contributed by atoms with Gasteiger partial charge in [0.15, 0.2) is 0 Å². The zero-order valence-corrected chi connectivity index (χ0v) is 9.26. The van der Waals surface area contributed by atoms with Crippen molar-refractivity contribution >= 4 is 12.4 Å². The Morgan fingerprint density at radius 2 is 2.00 bits per heavy atom. The van der Waals surface area contributed by atoms with Crippen LogP contribution in [0.25, 0.3) is 0 Å². The summed E-state index contributed by atoms with van der Waals surface area (Å²) in [4.78, 5) is 0. The van der Waals surface area contributed by atoms with Crippen LogP contribution in [0.3, 0.4) is 0 Å². The molecule has 2 nitrogen and oxygen atoms in total. The molecule has 3 N–H and O–H groups in total. The Balaban J connectivity index is 0.00000169. The lowest BCUT2D eigenvalue weighted by Gasteiger charge is -2.14. The molecule has 0 saturated heterocycles. The maximum atomic E-state index is 9.08. The summed E-state index contributed by atoms with van der Waals surface area (Å²) in [7, 11) is 0. The van der Waals surface area contributed by atoms with E-state index >= 15 is 0 Å². The van der Waals surface area contributed by atoms with E-state index in [0.717, 1.165) is 24.0 Å². The van der Waals surface area contributed by atoms with Crippen LogP contribution in [0.15, 0.2) is 24.3 Å². The molecular formula is C11H18ClNO. The smallest absolute Gasteiger partial charge is 0.0685 e. The summed E-state index contributed by atoms with van der Waals surface area (Å²) >= 11 is 0. The van der Waals surface area contributed by atoms with Crippen molar-refractivity contribution in [3.8, 4) is 0 Å². The summed E-state index contributed by atoms with van der Waals surface area (Å²) in [5, 5.41) is 9.08. The Morgan fingerprint density at radius 3 is 2.57 bits per heavy atom. The summed E-state index contributed by atoms with van der Waals surface area (Å²) < 4.78 is 0. The predicted molar refractivity (Wildman–Crippen MR) is 61.4 cm³/mol. The lowest BCUT2D eigenvalue weighted by molar-refractivity contribution is 0.279. The highest BCUT2D eigenvalue weighted by Crippen LogP contribution is 2.19. The van der Waals surface area contributed by atoms with Gasteiger partial charge < -0.3 is 10.8 Å².